The van der Waals surface area contributed by atoms with E-state index in [4.69, 9.17) is 9.47 Å². The smallest absolute Gasteiger partial charge is 0.256 e. The Labute approximate surface area is 195 Å². The van der Waals surface area contributed by atoms with Crippen LogP contribution in [0, 0.1) is 6.92 Å². The third-order valence-electron chi connectivity index (χ3n) is 4.97. The number of halogens is 1. The van der Waals surface area contributed by atoms with Gasteiger partial charge < -0.3 is 25.0 Å². The fourth-order valence-electron chi connectivity index (χ4n) is 3.31. The van der Waals surface area contributed by atoms with Crippen molar-refractivity contribution in [3.8, 4) is 5.75 Å². The zero-order valence-electron chi connectivity index (χ0n) is 17.9. The predicted molar refractivity (Wildman–Crippen MR) is 128 cm³/mol. The van der Waals surface area contributed by atoms with Crippen molar-refractivity contribution in [2.45, 2.75) is 6.92 Å². The first-order valence-corrected chi connectivity index (χ1v) is 11.0. The van der Waals surface area contributed by atoms with Crippen LogP contribution in [0.15, 0.2) is 53.0 Å². The van der Waals surface area contributed by atoms with Gasteiger partial charge in [0.1, 0.15) is 11.6 Å². The van der Waals surface area contributed by atoms with Crippen LogP contribution in [0.4, 0.5) is 23.1 Å². The molecule has 2 aromatic carbocycles. The average molecular weight is 498 g/mol. The number of anilines is 4. The van der Waals surface area contributed by atoms with Crippen LogP contribution in [0.1, 0.15) is 16.1 Å². The fourth-order valence-corrected chi connectivity index (χ4v) is 3.74. The van der Waals surface area contributed by atoms with E-state index in [2.05, 4.69) is 41.4 Å². The van der Waals surface area contributed by atoms with Crippen LogP contribution < -0.4 is 20.3 Å². The molecular formula is C23H24BrN5O3. The molecular weight excluding hydrogens is 474 g/mol. The minimum absolute atomic E-state index is 0.224. The molecule has 1 fully saturated rings. The molecule has 1 amide bonds. The van der Waals surface area contributed by atoms with E-state index in [0.29, 0.717) is 40.6 Å². The molecule has 0 bridgehead atoms. The first-order chi connectivity index (χ1) is 15.5. The molecule has 8 nitrogen and oxygen atoms in total. The first kappa shape index (κ1) is 22.0. The average Bonchev–Trinajstić information content (AvgIpc) is 2.81. The summed E-state index contributed by atoms with van der Waals surface area (Å²) in [5.74, 6) is 1.81. The van der Waals surface area contributed by atoms with Gasteiger partial charge in [-0.3, -0.25) is 4.79 Å². The normalized spacial score (nSPS) is 13.5. The number of aromatic nitrogens is 2. The van der Waals surface area contributed by atoms with Crippen molar-refractivity contribution < 1.29 is 14.3 Å². The molecule has 1 aliphatic rings. The van der Waals surface area contributed by atoms with Gasteiger partial charge >= 0.3 is 0 Å². The zero-order chi connectivity index (χ0) is 22.5. The number of ether oxygens (including phenoxy) is 2. The molecule has 0 radical (unpaired) electrons. The van der Waals surface area contributed by atoms with E-state index in [1.165, 1.54) is 0 Å². The summed E-state index contributed by atoms with van der Waals surface area (Å²) in [5, 5.41) is 6.22. The molecule has 9 heteroatoms. The van der Waals surface area contributed by atoms with Crippen LogP contribution in [-0.4, -0.2) is 49.3 Å². The quantitative estimate of drug-likeness (QED) is 0.521. The Morgan fingerprint density at radius 1 is 1.06 bits per heavy atom. The number of morpholine rings is 1. The summed E-state index contributed by atoms with van der Waals surface area (Å²) >= 11 is 3.41. The van der Waals surface area contributed by atoms with Crippen molar-refractivity contribution in [1.82, 2.24) is 9.97 Å². The number of aryl methyl sites for hydroxylation is 1. The highest BCUT2D eigenvalue weighted by Gasteiger charge is 2.15. The van der Waals surface area contributed by atoms with E-state index in [0.717, 1.165) is 30.3 Å². The van der Waals surface area contributed by atoms with Gasteiger partial charge in [-0.25, -0.2) is 4.98 Å². The number of hydrogen-bond acceptors (Lipinski definition) is 7. The molecule has 166 valence electrons. The summed E-state index contributed by atoms with van der Waals surface area (Å²) in [6.45, 7) is 4.87. The lowest BCUT2D eigenvalue weighted by atomic mass is 10.2. The molecule has 0 spiro atoms. The summed E-state index contributed by atoms with van der Waals surface area (Å²) in [4.78, 5) is 24.0. The van der Waals surface area contributed by atoms with Crippen molar-refractivity contribution in [2.75, 3.05) is 48.9 Å². The number of nitrogens with zero attached hydrogens (tertiary/aromatic N) is 3. The van der Waals surface area contributed by atoms with Gasteiger partial charge in [0, 0.05) is 40.7 Å². The lowest BCUT2D eigenvalue weighted by molar-refractivity contribution is 0.102. The molecule has 0 unspecified atom stereocenters. The van der Waals surface area contributed by atoms with Crippen molar-refractivity contribution in [1.29, 1.82) is 0 Å². The number of carbonyl (C=O) groups excluding carboxylic acids is 1. The minimum atomic E-state index is -0.224. The molecule has 0 atom stereocenters. The van der Waals surface area contributed by atoms with Crippen molar-refractivity contribution in [2.24, 2.45) is 0 Å². The molecule has 0 saturated carbocycles. The number of nitrogens with one attached hydrogen (secondary N) is 2. The third kappa shape index (κ3) is 5.35. The standard InChI is InChI=1S/C23H24BrN5O3/c1-15-13-21(28-23(25-15)29-9-11-32-12-10-29)26-16-3-5-17(6-4-16)27-22(30)19-14-18(31-2)7-8-20(19)24/h3-8,13-14H,9-12H2,1-2H3,(H,27,30)(H,25,26,28). The molecule has 32 heavy (non-hydrogen) atoms. The lowest BCUT2D eigenvalue weighted by Crippen LogP contribution is -2.37. The molecule has 0 aliphatic carbocycles. The Kier molecular flexibility index (Phi) is 6.87. The van der Waals surface area contributed by atoms with Gasteiger partial charge in [0.15, 0.2) is 0 Å². The maximum absolute atomic E-state index is 12.7. The number of benzene rings is 2. The number of hydrogen-bond donors (Lipinski definition) is 2. The molecule has 2 heterocycles. The van der Waals surface area contributed by atoms with Gasteiger partial charge in [-0.05, 0) is 65.3 Å². The highest BCUT2D eigenvalue weighted by molar-refractivity contribution is 9.10. The summed E-state index contributed by atoms with van der Waals surface area (Å²) < 4.78 is 11.3. The van der Waals surface area contributed by atoms with Gasteiger partial charge in [-0.2, -0.15) is 4.98 Å². The summed E-state index contributed by atoms with van der Waals surface area (Å²) in [5.41, 5.74) is 2.93. The Morgan fingerprint density at radius 3 is 2.50 bits per heavy atom. The predicted octanol–water partition coefficient (Wildman–Crippen LogP) is 4.39. The summed E-state index contributed by atoms with van der Waals surface area (Å²) in [6, 6.07) is 14.6. The first-order valence-electron chi connectivity index (χ1n) is 10.2. The Morgan fingerprint density at radius 2 is 1.78 bits per heavy atom. The molecule has 3 aromatic rings. The van der Waals surface area contributed by atoms with Crippen LogP contribution in [0.25, 0.3) is 0 Å². The van der Waals surface area contributed by atoms with Gasteiger partial charge in [-0.1, -0.05) is 0 Å². The van der Waals surface area contributed by atoms with Crippen LogP contribution in [0.2, 0.25) is 0 Å². The minimum Gasteiger partial charge on any atom is -0.497 e. The highest BCUT2D eigenvalue weighted by Crippen LogP contribution is 2.25. The largest absolute Gasteiger partial charge is 0.497 e. The highest BCUT2D eigenvalue weighted by atomic mass is 79.9. The number of carbonyl (C=O) groups is 1. The van der Waals surface area contributed by atoms with E-state index >= 15 is 0 Å². The van der Waals surface area contributed by atoms with Crippen LogP contribution >= 0.6 is 15.9 Å². The monoisotopic (exact) mass is 497 g/mol. The Hall–Kier alpha value is -3.17. The van der Waals surface area contributed by atoms with E-state index in [-0.39, 0.29) is 5.91 Å². The van der Waals surface area contributed by atoms with Crippen molar-refractivity contribution >= 4 is 45.0 Å². The van der Waals surface area contributed by atoms with Gasteiger partial charge in [-0.15, -0.1) is 0 Å². The fraction of sp³-hybridized carbons (Fsp3) is 0.261. The molecule has 1 saturated heterocycles. The van der Waals surface area contributed by atoms with Gasteiger partial charge in [0.05, 0.1) is 25.9 Å². The van der Waals surface area contributed by atoms with E-state index in [1.807, 2.05) is 37.3 Å². The Bertz CT molecular complexity index is 1100. The van der Waals surface area contributed by atoms with Crippen molar-refractivity contribution in [3.63, 3.8) is 0 Å². The third-order valence-corrected chi connectivity index (χ3v) is 5.66. The molecule has 1 aliphatic heterocycles. The van der Waals surface area contributed by atoms with Crippen molar-refractivity contribution in [3.05, 3.63) is 64.3 Å². The maximum atomic E-state index is 12.7. The van der Waals surface area contributed by atoms with Crippen LogP contribution in [0.3, 0.4) is 0 Å². The lowest BCUT2D eigenvalue weighted by Gasteiger charge is -2.27. The topological polar surface area (TPSA) is 88.6 Å². The van der Waals surface area contributed by atoms with Crippen LogP contribution in [-0.2, 0) is 4.74 Å². The molecule has 4 rings (SSSR count). The number of rotatable bonds is 6. The number of amides is 1. The zero-order valence-corrected chi connectivity index (χ0v) is 19.5. The second-order valence-electron chi connectivity index (χ2n) is 7.30. The molecule has 1 aromatic heterocycles. The Balaban J connectivity index is 1.44. The summed E-state index contributed by atoms with van der Waals surface area (Å²) in [7, 11) is 1.57. The number of methoxy groups -OCH3 is 1. The van der Waals surface area contributed by atoms with Crippen LogP contribution in [0.5, 0.6) is 5.75 Å². The van der Waals surface area contributed by atoms with Gasteiger partial charge in [0.2, 0.25) is 5.95 Å². The van der Waals surface area contributed by atoms with E-state index in [1.54, 1.807) is 25.3 Å². The second-order valence-corrected chi connectivity index (χ2v) is 8.15. The second kappa shape index (κ2) is 9.97. The summed E-state index contributed by atoms with van der Waals surface area (Å²) in [6.07, 6.45) is 0. The SMILES string of the molecule is COc1ccc(Br)c(C(=O)Nc2ccc(Nc3cc(C)nc(N4CCOCC4)n3)cc2)c1. The molecule has 2 N–H and O–H groups in total. The van der Waals surface area contributed by atoms with Gasteiger partial charge in [0.25, 0.3) is 5.91 Å². The van der Waals surface area contributed by atoms with E-state index in [9.17, 15) is 4.79 Å². The maximum Gasteiger partial charge on any atom is 0.256 e. The van der Waals surface area contributed by atoms with E-state index < -0.39 is 0 Å².